The van der Waals surface area contributed by atoms with Crippen molar-refractivity contribution >= 4 is 22.3 Å². The summed E-state index contributed by atoms with van der Waals surface area (Å²) < 4.78 is 0. The largest absolute Gasteiger partial charge is 0.343 e. The Morgan fingerprint density at radius 1 is 1.08 bits per heavy atom. The van der Waals surface area contributed by atoms with Crippen LogP contribution in [0.1, 0.15) is 5.56 Å². The Morgan fingerprint density at radius 3 is 2.62 bits per heavy atom. The van der Waals surface area contributed by atoms with Crippen LogP contribution in [0.4, 0.5) is 0 Å². The average molecular weight is 319 g/mol. The third-order valence-corrected chi connectivity index (χ3v) is 4.99. The maximum absolute atomic E-state index is 11.6. The van der Waals surface area contributed by atoms with Gasteiger partial charge in [0.15, 0.2) is 0 Å². The quantitative estimate of drug-likeness (QED) is 0.860. The standard InChI is InChI=1S/C20H21N3O/c1-22-13-18(17-8-4-6-15-5-2-3-7-16(15)17)20(19(22)14-24)23-11-9-21-10-12-23/h2-8,13,20-21H,9-12H2,1H3. The van der Waals surface area contributed by atoms with Gasteiger partial charge < -0.3 is 10.2 Å². The molecule has 0 radical (unpaired) electrons. The van der Waals surface area contributed by atoms with Crippen LogP contribution in [0.5, 0.6) is 0 Å². The third kappa shape index (κ3) is 2.45. The van der Waals surface area contributed by atoms with Crippen LogP contribution in [0.3, 0.4) is 0 Å². The van der Waals surface area contributed by atoms with E-state index < -0.39 is 0 Å². The van der Waals surface area contributed by atoms with Crippen molar-refractivity contribution < 1.29 is 4.79 Å². The van der Waals surface area contributed by atoms with E-state index in [-0.39, 0.29) is 6.04 Å². The lowest BCUT2D eigenvalue weighted by Crippen LogP contribution is -2.49. The highest BCUT2D eigenvalue weighted by Crippen LogP contribution is 2.37. The van der Waals surface area contributed by atoms with Crippen molar-refractivity contribution in [2.45, 2.75) is 6.04 Å². The molecule has 0 aromatic heterocycles. The third-order valence-electron chi connectivity index (χ3n) is 4.99. The van der Waals surface area contributed by atoms with E-state index in [1.54, 1.807) is 0 Å². The van der Waals surface area contributed by atoms with Crippen molar-refractivity contribution in [2.75, 3.05) is 33.2 Å². The van der Waals surface area contributed by atoms with Crippen LogP contribution < -0.4 is 5.32 Å². The monoisotopic (exact) mass is 319 g/mol. The van der Waals surface area contributed by atoms with Crippen LogP contribution in [0.2, 0.25) is 0 Å². The minimum atomic E-state index is -0.0135. The second-order valence-corrected chi connectivity index (χ2v) is 6.40. The molecule has 1 atom stereocenters. The first-order valence-corrected chi connectivity index (χ1v) is 8.42. The number of nitrogens with zero attached hydrogens (tertiary/aromatic N) is 2. The van der Waals surface area contributed by atoms with Crippen LogP contribution in [0.25, 0.3) is 16.3 Å². The number of hydrogen-bond donors (Lipinski definition) is 1. The molecule has 2 aromatic rings. The van der Waals surface area contributed by atoms with Crippen LogP contribution in [-0.2, 0) is 4.79 Å². The first-order valence-electron chi connectivity index (χ1n) is 8.42. The summed E-state index contributed by atoms with van der Waals surface area (Å²) >= 11 is 0. The Bertz CT molecular complexity index is 840. The predicted octanol–water partition coefficient (Wildman–Crippen LogP) is 2.12. The molecule has 4 heteroatoms. The van der Waals surface area contributed by atoms with E-state index in [0.717, 1.165) is 26.2 Å². The van der Waals surface area contributed by atoms with Crippen LogP contribution in [-0.4, -0.2) is 55.0 Å². The van der Waals surface area contributed by atoms with Crippen molar-refractivity contribution in [1.29, 1.82) is 0 Å². The fourth-order valence-corrected chi connectivity index (χ4v) is 3.82. The predicted molar refractivity (Wildman–Crippen MR) is 97.1 cm³/mol. The van der Waals surface area contributed by atoms with Crippen molar-refractivity contribution in [3.63, 3.8) is 0 Å². The van der Waals surface area contributed by atoms with Gasteiger partial charge in [0.05, 0.1) is 6.04 Å². The number of benzene rings is 2. The molecule has 2 aromatic carbocycles. The molecule has 0 amide bonds. The van der Waals surface area contributed by atoms with Gasteiger partial charge in [-0.3, -0.25) is 4.90 Å². The number of hydrogen-bond acceptors (Lipinski definition) is 4. The van der Waals surface area contributed by atoms with Crippen molar-refractivity contribution in [1.82, 2.24) is 15.1 Å². The number of piperazine rings is 1. The van der Waals surface area contributed by atoms with Crippen molar-refractivity contribution in [2.24, 2.45) is 0 Å². The lowest BCUT2D eigenvalue weighted by molar-refractivity contribution is 0.219. The van der Waals surface area contributed by atoms with E-state index in [0.29, 0.717) is 5.70 Å². The SMILES string of the molecule is CN1C=C(c2cccc3ccccc23)C(N2CCNCC2)C1=C=O. The topological polar surface area (TPSA) is 35.6 Å². The van der Waals surface area contributed by atoms with Gasteiger partial charge in [0.2, 0.25) is 0 Å². The van der Waals surface area contributed by atoms with Gasteiger partial charge in [-0.2, -0.15) is 0 Å². The Hall–Kier alpha value is -2.39. The zero-order chi connectivity index (χ0) is 16.5. The minimum Gasteiger partial charge on any atom is -0.343 e. The highest BCUT2D eigenvalue weighted by atomic mass is 16.1. The molecular weight excluding hydrogens is 298 g/mol. The summed E-state index contributed by atoms with van der Waals surface area (Å²) in [5.74, 6) is 2.19. The Morgan fingerprint density at radius 2 is 1.83 bits per heavy atom. The number of fused-ring (bicyclic) bond motifs is 1. The Labute approximate surface area is 142 Å². The molecule has 1 fully saturated rings. The molecule has 122 valence electrons. The molecule has 1 N–H and O–H groups in total. The maximum Gasteiger partial charge on any atom is 0.148 e. The van der Waals surface area contributed by atoms with Gasteiger partial charge in [0.1, 0.15) is 11.6 Å². The highest BCUT2D eigenvalue weighted by molar-refractivity contribution is 5.96. The summed E-state index contributed by atoms with van der Waals surface area (Å²) in [6, 6.07) is 14.8. The second kappa shape index (κ2) is 6.25. The summed E-state index contributed by atoms with van der Waals surface area (Å²) in [4.78, 5) is 15.9. The number of carbonyl (C=O) groups excluding carboxylic acids is 1. The summed E-state index contributed by atoms with van der Waals surface area (Å²) in [7, 11) is 1.94. The number of likely N-dealkylation sites (N-methyl/N-ethyl adjacent to an activating group) is 1. The van der Waals surface area contributed by atoms with Gasteiger partial charge in [-0.1, -0.05) is 42.5 Å². The van der Waals surface area contributed by atoms with Gasteiger partial charge in [0.25, 0.3) is 0 Å². The van der Waals surface area contributed by atoms with E-state index in [2.05, 4.69) is 64.8 Å². The van der Waals surface area contributed by atoms with Crippen LogP contribution in [0.15, 0.2) is 54.4 Å². The maximum atomic E-state index is 11.6. The van der Waals surface area contributed by atoms with Crippen molar-refractivity contribution in [3.8, 4) is 0 Å². The van der Waals surface area contributed by atoms with Gasteiger partial charge >= 0.3 is 0 Å². The van der Waals surface area contributed by atoms with Gasteiger partial charge in [-0.05, 0) is 16.3 Å². The molecule has 0 spiro atoms. The lowest BCUT2D eigenvalue weighted by atomic mass is 9.93. The highest BCUT2D eigenvalue weighted by Gasteiger charge is 2.36. The molecule has 2 aliphatic rings. The van der Waals surface area contributed by atoms with Gasteiger partial charge in [0, 0.05) is 45.0 Å². The smallest absolute Gasteiger partial charge is 0.148 e. The zero-order valence-corrected chi connectivity index (χ0v) is 13.8. The fraction of sp³-hybridized carbons (Fsp3) is 0.300. The normalized spacial score (nSPS) is 21.9. The lowest BCUT2D eigenvalue weighted by Gasteiger charge is -2.34. The molecule has 1 unspecified atom stereocenters. The van der Waals surface area contributed by atoms with Gasteiger partial charge in [-0.25, -0.2) is 4.79 Å². The molecule has 2 aliphatic heterocycles. The first kappa shape index (κ1) is 15.2. The van der Waals surface area contributed by atoms with Crippen LogP contribution in [0, 0.1) is 0 Å². The van der Waals surface area contributed by atoms with Crippen LogP contribution >= 0.6 is 0 Å². The fourth-order valence-electron chi connectivity index (χ4n) is 3.82. The molecule has 0 aliphatic carbocycles. The summed E-state index contributed by atoms with van der Waals surface area (Å²) in [6.07, 6.45) is 2.09. The molecule has 4 nitrogen and oxygen atoms in total. The summed E-state index contributed by atoms with van der Waals surface area (Å²) in [5, 5.41) is 5.84. The molecule has 24 heavy (non-hydrogen) atoms. The van der Waals surface area contributed by atoms with E-state index >= 15 is 0 Å². The molecule has 2 heterocycles. The van der Waals surface area contributed by atoms with Gasteiger partial charge in [-0.15, -0.1) is 0 Å². The summed E-state index contributed by atoms with van der Waals surface area (Å²) in [5.41, 5.74) is 3.10. The zero-order valence-electron chi connectivity index (χ0n) is 13.8. The Balaban J connectivity index is 1.84. The second-order valence-electron chi connectivity index (χ2n) is 6.40. The minimum absolute atomic E-state index is 0.0135. The molecular formula is C20H21N3O. The van der Waals surface area contributed by atoms with E-state index in [4.69, 9.17) is 0 Å². The molecule has 0 bridgehead atoms. The Kier molecular flexibility index (Phi) is 3.95. The first-order chi connectivity index (χ1) is 11.8. The molecule has 1 saturated heterocycles. The van der Waals surface area contributed by atoms with E-state index in [9.17, 15) is 4.79 Å². The van der Waals surface area contributed by atoms with E-state index in [1.165, 1.54) is 21.9 Å². The van der Waals surface area contributed by atoms with E-state index in [1.807, 2.05) is 11.9 Å². The summed E-state index contributed by atoms with van der Waals surface area (Å²) in [6.45, 7) is 3.78. The van der Waals surface area contributed by atoms with Crippen molar-refractivity contribution in [3.05, 3.63) is 59.9 Å². The molecule has 0 saturated carbocycles. The average Bonchev–Trinajstić information content (AvgIpc) is 2.98. The number of nitrogens with one attached hydrogen (secondary N) is 1. The molecule has 4 rings (SSSR count). The number of rotatable bonds is 2.